The van der Waals surface area contributed by atoms with Crippen LogP contribution in [0.5, 0.6) is 5.75 Å². The molecule has 3 aromatic carbocycles. The van der Waals surface area contributed by atoms with Crippen LogP contribution in [0.25, 0.3) is 16.0 Å². The van der Waals surface area contributed by atoms with Crippen LogP contribution in [0, 0.1) is 11.6 Å². The molecule has 1 unspecified atom stereocenters. The molecule has 2 aliphatic rings. The van der Waals surface area contributed by atoms with Gasteiger partial charge in [0.25, 0.3) is 5.56 Å². The summed E-state index contributed by atoms with van der Waals surface area (Å²) in [6.07, 6.45) is 4.33. The summed E-state index contributed by atoms with van der Waals surface area (Å²) < 4.78 is 37.8. The predicted molar refractivity (Wildman–Crippen MR) is 200 cm³/mol. The van der Waals surface area contributed by atoms with Crippen LogP contribution in [-0.2, 0) is 18.7 Å². The number of thiophene rings is 1. The van der Waals surface area contributed by atoms with E-state index in [1.807, 2.05) is 42.5 Å². The number of nitrogen functional groups attached to an aromatic ring is 1. The van der Waals surface area contributed by atoms with Crippen molar-refractivity contribution in [3.8, 4) is 11.4 Å². The third kappa shape index (κ3) is 7.00. The number of hydrogen-bond acceptors (Lipinski definition) is 11. The van der Waals surface area contributed by atoms with Crippen molar-refractivity contribution < 1.29 is 18.6 Å². The van der Waals surface area contributed by atoms with Crippen LogP contribution >= 0.6 is 11.3 Å². The summed E-state index contributed by atoms with van der Waals surface area (Å²) in [5.74, 6) is -0.848. The van der Waals surface area contributed by atoms with Crippen molar-refractivity contribution in [1.29, 1.82) is 0 Å². The first-order chi connectivity index (χ1) is 25.6. The zero-order chi connectivity index (χ0) is 36.7. The van der Waals surface area contributed by atoms with Gasteiger partial charge in [0, 0.05) is 53.9 Å². The van der Waals surface area contributed by atoms with Crippen LogP contribution in [0.4, 0.5) is 26.0 Å². The molecule has 0 amide bonds. The minimum Gasteiger partial charge on any atom is -0.490 e. The van der Waals surface area contributed by atoms with Crippen molar-refractivity contribution in [2.45, 2.75) is 44.0 Å². The highest BCUT2D eigenvalue weighted by Gasteiger charge is 2.38. The Kier molecular flexibility index (Phi) is 9.18. The number of aromatic nitrogens is 5. The number of aliphatic hydroxyl groups is 1. The Labute approximate surface area is 308 Å². The number of nitrogens with one attached hydrogen (secondary N) is 1. The topological polar surface area (TPSA) is 140 Å². The van der Waals surface area contributed by atoms with Gasteiger partial charge in [-0.3, -0.25) is 14.3 Å². The third-order valence-corrected chi connectivity index (χ3v) is 11.2. The van der Waals surface area contributed by atoms with Crippen LogP contribution in [0.15, 0.2) is 90.2 Å². The summed E-state index contributed by atoms with van der Waals surface area (Å²) in [7, 11) is 0. The van der Waals surface area contributed by atoms with Crippen LogP contribution in [0.2, 0.25) is 0 Å². The molecule has 1 fully saturated rings. The lowest BCUT2D eigenvalue weighted by Gasteiger charge is -2.43. The van der Waals surface area contributed by atoms with Crippen molar-refractivity contribution in [1.82, 2.24) is 34.5 Å². The maximum atomic E-state index is 15.0. The quantitative estimate of drug-likeness (QED) is 0.177. The minimum absolute atomic E-state index is 0.00980. The molecule has 6 aromatic rings. The number of para-hydroxylation sites is 1. The molecule has 1 atom stereocenters. The third-order valence-electron chi connectivity index (χ3n) is 10.2. The van der Waals surface area contributed by atoms with Gasteiger partial charge in [-0.1, -0.05) is 24.3 Å². The molecule has 274 valence electrons. The van der Waals surface area contributed by atoms with Crippen molar-refractivity contribution in [2.24, 2.45) is 0 Å². The van der Waals surface area contributed by atoms with Crippen molar-refractivity contribution in [2.75, 3.05) is 43.4 Å². The average Bonchev–Trinajstić information content (AvgIpc) is 3.82. The van der Waals surface area contributed by atoms with Crippen molar-refractivity contribution in [3.63, 3.8) is 0 Å². The van der Waals surface area contributed by atoms with Gasteiger partial charge in [-0.25, -0.2) is 23.4 Å². The molecular formula is C38H39F2N9O3S. The smallest absolute Gasteiger partial charge is 0.298 e. The molecule has 4 N–H and O–H groups in total. The summed E-state index contributed by atoms with van der Waals surface area (Å²) in [6.45, 7) is 5.29. The first kappa shape index (κ1) is 34.8. The number of anilines is 3. The average molecular weight is 740 g/mol. The van der Waals surface area contributed by atoms with Crippen molar-refractivity contribution >= 4 is 38.9 Å². The number of hydrogen-bond donors (Lipinski definition) is 3. The number of piperidine rings is 1. The summed E-state index contributed by atoms with van der Waals surface area (Å²) in [4.78, 5) is 27.9. The number of β-amino-alcohol motifs (C(OH)–C–C–N with tert-alkyl or cyclic N) is 1. The van der Waals surface area contributed by atoms with Gasteiger partial charge in [-0.15, -0.1) is 11.3 Å². The van der Waals surface area contributed by atoms with Gasteiger partial charge in [-0.2, -0.15) is 5.10 Å². The lowest BCUT2D eigenvalue weighted by atomic mass is 9.87. The highest BCUT2D eigenvalue weighted by molar-refractivity contribution is 7.18. The van der Waals surface area contributed by atoms with Gasteiger partial charge >= 0.3 is 0 Å². The van der Waals surface area contributed by atoms with E-state index in [1.54, 1.807) is 4.57 Å². The summed E-state index contributed by atoms with van der Waals surface area (Å²) >= 11 is 1.48. The molecule has 8 rings (SSSR count). The van der Waals surface area contributed by atoms with Gasteiger partial charge in [-0.05, 0) is 62.2 Å². The molecule has 0 saturated carbocycles. The van der Waals surface area contributed by atoms with E-state index in [4.69, 9.17) is 10.5 Å². The number of halogens is 2. The van der Waals surface area contributed by atoms with E-state index in [0.29, 0.717) is 48.8 Å². The van der Waals surface area contributed by atoms with E-state index in [1.165, 1.54) is 34.7 Å². The fourth-order valence-corrected chi connectivity index (χ4v) is 8.29. The van der Waals surface area contributed by atoms with Gasteiger partial charge in [0.1, 0.15) is 47.1 Å². The van der Waals surface area contributed by atoms with E-state index in [0.717, 1.165) is 47.0 Å². The highest BCUT2D eigenvalue weighted by atomic mass is 32.1. The Bertz CT molecular complexity index is 2310. The lowest BCUT2D eigenvalue weighted by Crippen LogP contribution is -2.54. The summed E-state index contributed by atoms with van der Waals surface area (Å²) in [6, 6.07) is 21.0. The number of benzene rings is 3. The molecule has 15 heteroatoms. The van der Waals surface area contributed by atoms with Crippen molar-refractivity contribution in [3.05, 3.63) is 118 Å². The molecule has 53 heavy (non-hydrogen) atoms. The molecule has 1 saturated heterocycles. The molecular weight excluding hydrogens is 701 g/mol. The zero-order valence-corrected chi connectivity index (χ0v) is 29.9. The fraction of sp³-hybridized carbons (Fsp3) is 0.316. The van der Waals surface area contributed by atoms with E-state index < -0.39 is 17.2 Å². The van der Waals surface area contributed by atoms with Crippen LogP contribution in [-0.4, -0.2) is 72.6 Å². The lowest BCUT2D eigenvalue weighted by molar-refractivity contribution is -0.0312. The standard InChI is InChI=1S/C38H39F2N9O3S/c1-37(11-13-46(14-12-37)21-38(51,22-47-24-42-23-44-47)29-9-7-25(39)17-30(29)40)43-20-28-19-32-35(53-28)45-34(41)36(50)49(32)27-8-10-33-31(18-27)48(15-16-52-33)26-5-3-2-4-6-26/h2-10,17-19,23-24,43,51H,11-16,20-22H2,1H3,(H2,41,45). The van der Waals surface area contributed by atoms with E-state index in [9.17, 15) is 18.7 Å². The molecule has 2 aliphatic heterocycles. The van der Waals surface area contributed by atoms with Gasteiger partial charge < -0.3 is 25.8 Å². The van der Waals surface area contributed by atoms with Gasteiger partial charge in [0.05, 0.1) is 30.0 Å². The number of likely N-dealkylation sites (tertiary alicyclic amines) is 1. The fourth-order valence-electron chi connectivity index (χ4n) is 7.33. The van der Waals surface area contributed by atoms with E-state index in [2.05, 4.69) is 49.2 Å². The number of nitrogens with two attached hydrogens (primary N) is 1. The molecule has 0 aliphatic carbocycles. The molecule has 0 bridgehead atoms. The number of nitrogens with zero attached hydrogens (tertiary/aromatic N) is 7. The van der Waals surface area contributed by atoms with Crippen LogP contribution < -0.4 is 26.2 Å². The molecule has 5 heterocycles. The Morgan fingerprint density at radius 2 is 1.83 bits per heavy atom. The Hall–Kier alpha value is -5.22. The van der Waals surface area contributed by atoms with Gasteiger partial charge in [0.2, 0.25) is 0 Å². The summed E-state index contributed by atoms with van der Waals surface area (Å²) in [5.41, 5.74) is 7.16. The second-order valence-corrected chi connectivity index (χ2v) is 15.1. The largest absolute Gasteiger partial charge is 0.490 e. The number of rotatable bonds is 10. The SMILES string of the molecule is CC1(NCc2cc3c(nc(N)c(=O)n3-c3ccc4c(c3)N(c3ccccc3)CCO4)s2)CCN(CC(O)(Cn2cncn2)c2ccc(F)cc2F)CC1. The molecule has 3 aromatic heterocycles. The Morgan fingerprint density at radius 3 is 2.58 bits per heavy atom. The summed E-state index contributed by atoms with van der Waals surface area (Å²) in [5, 5.41) is 19.7. The first-order valence-electron chi connectivity index (χ1n) is 17.5. The monoisotopic (exact) mass is 739 g/mol. The molecule has 0 spiro atoms. The number of fused-ring (bicyclic) bond motifs is 2. The normalized spacial score (nSPS) is 17.0. The molecule has 0 radical (unpaired) electrons. The highest BCUT2D eigenvalue weighted by Crippen LogP contribution is 2.39. The van der Waals surface area contributed by atoms with E-state index in [-0.39, 0.29) is 35.6 Å². The Morgan fingerprint density at radius 1 is 1.02 bits per heavy atom. The zero-order valence-electron chi connectivity index (χ0n) is 29.1. The second-order valence-electron chi connectivity index (χ2n) is 14.0. The maximum Gasteiger partial charge on any atom is 0.298 e. The predicted octanol–water partition coefficient (Wildman–Crippen LogP) is 4.96. The maximum absolute atomic E-state index is 15.0. The van der Waals surface area contributed by atoms with Crippen LogP contribution in [0.3, 0.4) is 0 Å². The van der Waals surface area contributed by atoms with E-state index >= 15 is 0 Å². The second kappa shape index (κ2) is 14.0. The molecule has 12 nitrogen and oxygen atoms in total. The van der Waals surface area contributed by atoms with Gasteiger partial charge in [0.15, 0.2) is 5.82 Å². The Balaban J connectivity index is 0.989. The minimum atomic E-state index is -1.67. The van der Waals surface area contributed by atoms with Crippen LogP contribution in [0.1, 0.15) is 30.2 Å². The first-order valence-corrected chi connectivity index (χ1v) is 18.3. The number of ether oxygens (including phenoxy) is 1.